The lowest BCUT2D eigenvalue weighted by molar-refractivity contribution is -0.159. The van der Waals surface area contributed by atoms with E-state index >= 15 is 0 Å². The molecule has 11 nitrogen and oxygen atoms in total. The van der Waals surface area contributed by atoms with Crippen LogP contribution in [-0.2, 0) is 26.2 Å². The topological polar surface area (TPSA) is 143 Å². The van der Waals surface area contributed by atoms with Gasteiger partial charge in [-0.3, -0.25) is 4.90 Å². The summed E-state index contributed by atoms with van der Waals surface area (Å²) in [5, 5.41) is 14.8. The van der Waals surface area contributed by atoms with Crippen LogP contribution in [0.2, 0.25) is 0 Å². The number of methoxy groups -OCH3 is 3. The first-order valence-electron chi connectivity index (χ1n) is 8.46. The minimum absolute atomic E-state index is 0.508. The monoisotopic (exact) mass is 434 g/mol. The summed E-state index contributed by atoms with van der Waals surface area (Å²) in [5.74, 6) is -1.81. The number of carboxylic acid groups (broad SMARTS) is 2. The van der Waals surface area contributed by atoms with E-state index in [2.05, 4.69) is 4.90 Å². The fraction of sp³-hybridized carbons (Fsp3) is 0.529. The van der Waals surface area contributed by atoms with Gasteiger partial charge in [0.2, 0.25) is 15.8 Å². The maximum atomic E-state index is 11.6. The second-order valence-corrected chi connectivity index (χ2v) is 8.02. The molecule has 1 aromatic carbocycles. The molecule has 1 aliphatic rings. The quantitative estimate of drug-likeness (QED) is 0.585. The van der Waals surface area contributed by atoms with Gasteiger partial charge in [-0.05, 0) is 6.07 Å². The number of carboxylic acids is 2. The van der Waals surface area contributed by atoms with E-state index < -0.39 is 22.0 Å². The first kappa shape index (κ1) is 24.5. The van der Waals surface area contributed by atoms with Gasteiger partial charge in [-0.15, -0.1) is 0 Å². The first-order chi connectivity index (χ1) is 13.5. The smallest absolute Gasteiger partial charge is 0.414 e. The van der Waals surface area contributed by atoms with Crippen molar-refractivity contribution in [3.8, 4) is 17.2 Å². The van der Waals surface area contributed by atoms with Crippen LogP contribution in [0.15, 0.2) is 12.1 Å². The van der Waals surface area contributed by atoms with E-state index in [0.29, 0.717) is 50.0 Å². The molecule has 0 amide bonds. The van der Waals surface area contributed by atoms with Crippen molar-refractivity contribution in [3.05, 3.63) is 17.7 Å². The van der Waals surface area contributed by atoms with E-state index in [-0.39, 0.29) is 0 Å². The highest BCUT2D eigenvalue weighted by Crippen LogP contribution is 2.40. The number of hydrogen-bond acceptors (Lipinski definition) is 8. The highest BCUT2D eigenvalue weighted by molar-refractivity contribution is 7.88. The van der Waals surface area contributed by atoms with Gasteiger partial charge in [0, 0.05) is 38.3 Å². The molecule has 0 unspecified atom stereocenters. The SMILES string of the molecule is COc1ccc(CN2CCN(S(C)(=O)=O)CC2)c(OC)c1OC.O=C(O)C(=O)O. The van der Waals surface area contributed by atoms with Gasteiger partial charge in [0.25, 0.3) is 0 Å². The lowest BCUT2D eigenvalue weighted by Gasteiger charge is -2.33. The highest BCUT2D eigenvalue weighted by atomic mass is 32.2. The van der Waals surface area contributed by atoms with Crippen molar-refractivity contribution in [2.75, 3.05) is 53.8 Å². The van der Waals surface area contributed by atoms with E-state index in [1.54, 1.807) is 21.3 Å². The Hall–Kier alpha value is -2.57. The predicted molar refractivity (Wildman–Crippen MR) is 103 cm³/mol. The lowest BCUT2D eigenvalue weighted by atomic mass is 10.1. The number of hydrogen-bond donors (Lipinski definition) is 2. The number of benzene rings is 1. The van der Waals surface area contributed by atoms with Crippen LogP contribution in [0.1, 0.15) is 5.56 Å². The Bertz CT molecular complexity index is 806. The molecule has 164 valence electrons. The van der Waals surface area contributed by atoms with Crippen molar-refractivity contribution in [1.82, 2.24) is 9.21 Å². The Labute approximate surface area is 169 Å². The van der Waals surface area contributed by atoms with Crippen LogP contribution < -0.4 is 14.2 Å². The van der Waals surface area contributed by atoms with Crippen molar-refractivity contribution < 1.29 is 42.4 Å². The number of carbonyl (C=O) groups is 2. The van der Waals surface area contributed by atoms with Gasteiger partial charge >= 0.3 is 11.9 Å². The summed E-state index contributed by atoms with van der Waals surface area (Å²) >= 11 is 0. The van der Waals surface area contributed by atoms with E-state index in [0.717, 1.165) is 5.56 Å². The van der Waals surface area contributed by atoms with Crippen molar-refractivity contribution in [1.29, 1.82) is 0 Å². The molecular weight excluding hydrogens is 408 g/mol. The van der Waals surface area contributed by atoms with E-state index in [1.807, 2.05) is 12.1 Å². The number of nitrogens with zero attached hydrogens (tertiary/aromatic N) is 2. The third-order valence-electron chi connectivity index (χ3n) is 4.16. The highest BCUT2D eigenvalue weighted by Gasteiger charge is 2.25. The molecule has 1 saturated heterocycles. The zero-order chi connectivity index (χ0) is 22.2. The molecular formula is C17H26N2O9S. The van der Waals surface area contributed by atoms with Crippen molar-refractivity contribution in [2.45, 2.75) is 6.54 Å². The Morgan fingerprint density at radius 2 is 1.45 bits per heavy atom. The molecule has 1 fully saturated rings. The van der Waals surface area contributed by atoms with Gasteiger partial charge in [-0.25, -0.2) is 18.0 Å². The van der Waals surface area contributed by atoms with E-state index in [4.69, 9.17) is 34.0 Å². The number of piperazine rings is 1. The second kappa shape index (κ2) is 10.8. The molecule has 29 heavy (non-hydrogen) atoms. The van der Waals surface area contributed by atoms with Crippen LogP contribution in [0.5, 0.6) is 17.2 Å². The third kappa shape index (κ3) is 7.07. The van der Waals surface area contributed by atoms with Gasteiger partial charge in [0.15, 0.2) is 11.5 Å². The number of rotatable bonds is 6. The molecule has 1 aliphatic heterocycles. The molecule has 0 saturated carbocycles. The Kier molecular flexibility index (Phi) is 9.14. The number of aliphatic carboxylic acids is 2. The maximum Gasteiger partial charge on any atom is 0.414 e. The summed E-state index contributed by atoms with van der Waals surface area (Å²) < 4.78 is 40.8. The summed E-state index contributed by atoms with van der Waals surface area (Å²) in [4.78, 5) is 20.4. The first-order valence-corrected chi connectivity index (χ1v) is 10.3. The van der Waals surface area contributed by atoms with Crippen LogP contribution in [0.3, 0.4) is 0 Å². The standard InChI is InChI=1S/C15H24N2O5S.C2H2O4/c1-20-13-6-5-12(14(21-2)15(13)22-3)11-16-7-9-17(10-8-16)23(4,18)19;3-1(4)2(5)6/h5-6H,7-11H2,1-4H3;(H,3,4)(H,5,6). The van der Waals surface area contributed by atoms with Crippen molar-refractivity contribution in [3.63, 3.8) is 0 Å². The molecule has 0 bridgehead atoms. The van der Waals surface area contributed by atoms with E-state index in [9.17, 15) is 8.42 Å². The minimum Gasteiger partial charge on any atom is -0.493 e. The maximum absolute atomic E-state index is 11.6. The molecule has 2 N–H and O–H groups in total. The molecule has 0 aliphatic carbocycles. The third-order valence-corrected chi connectivity index (χ3v) is 5.47. The molecule has 0 aromatic heterocycles. The summed E-state index contributed by atoms with van der Waals surface area (Å²) in [7, 11) is 1.65. The van der Waals surface area contributed by atoms with Crippen LogP contribution in [0.4, 0.5) is 0 Å². The second-order valence-electron chi connectivity index (χ2n) is 6.04. The molecule has 12 heteroatoms. The van der Waals surface area contributed by atoms with Crippen LogP contribution in [0.25, 0.3) is 0 Å². The molecule has 0 radical (unpaired) electrons. The Balaban J connectivity index is 0.000000612. The van der Waals surface area contributed by atoms with Crippen LogP contribution >= 0.6 is 0 Å². The van der Waals surface area contributed by atoms with Gasteiger partial charge in [0.1, 0.15) is 0 Å². The largest absolute Gasteiger partial charge is 0.493 e. The molecule has 0 atom stereocenters. The molecule has 1 aromatic rings. The summed E-state index contributed by atoms with van der Waals surface area (Å²) in [5.41, 5.74) is 0.984. The van der Waals surface area contributed by atoms with Gasteiger partial charge < -0.3 is 24.4 Å². The molecule has 2 rings (SSSR count). The number of ether oxygens (including phenoxy) is 3. The van der Waals surface area contributed by atoms with Crippen molar-refractivity contribution >= 4 is 22.0 Å². The van der Waals surface area contributed by atoms with Crippen LogP contribution in [-0.4, -0.2) is 93.5 Å². The minimum atomic E-state index is -3.11. The Morgan fingerprint density at radius 1 is 0.931 bits per heavy atom. The normalized spacial score (nSPS) is 15.0. The summed E-state index contributed by atoms with van der Waals surface area (Å²) in [6, 6.07) is 3.80. The molecule has 0 spiro atoms. The van der Waals surface area contributed by atoms with Gasteiger partial charge in [-0.1, -0.05) is 6.07 Å². The lowest BCUT2D eigenvalue weighted by Crippen LogP contribution is -2.47. The summed E-state index contributed by atoms with van der Waals surface area (Å²) in [6.07, 6.45) is 1.25. The molecule has 1 heterocycles. The van der Waals surface area contributed by atoms with Gasteiger partial charge in [0.05, 0.1) is 27.6 Å². The zero-order valence-electron chi connectivity index (χ0n) is 16.7. The summed E-state index contributed by atoms with van der Waals surface area (Å²) in [6.45, 7) is 3.05. The Morgan fingerprint density at radius 3 is 1.83 bits per heavy atom. The van der Waals surface area contributed by atoms with Crippen LogP contribution in [0, 0.1) is 0 Å². The van der Waals surface area contributed by atoms with E-state index in [1.165, 1.54) is 10.6 Å². The average molecular weight is 434 g/mol. The number of sulfonamides is 1. The fourth-order valence-corrected chi connectivity index (χ4v) is 3.57. The fourth-order valence-electron chi connectivity index (χ4n) is 2.75. The zero-order valence-corrected chi connectivity index (χ0v) is 17.6. The van der Waals surface area contributed by atoms with Gasteiger partial charge in [-0.2, -0.15) is 4.31 Å². The van der Waals surface area contributed by atoms with Crippen molar-refractivity contribution in [2.24, 2.45) is 0 Å². The average Bonchev–Trinajstić information content (AvgIpc) is 2.67. The predicted octanol–water partition coefficient (Wildman–Crippen LogP) is -0.0548.